The van der Waals surface area contributed by atoms with Gasteiger partial charge in [0.25, 0.3) is 0 Å². The number of carbonyl (C=O) groups is 1. The molecule has 0 spiro atoms. The second kappa shape index (κ2) is 7.45. The van der Waals surface area contributed by atoms with E-state index in [4.69, 9.17) is 4.74 Å². The molecule has 1 atom stereocenters. The van der Waals surface area contributed by atoms with Crippen molar-refractivity contribution >= 4 is 26.9 Å². The highest BCUT2D eigenvalue weighted by Gasteiger charge is 2.49. The lowest BCUT2D eigenvalue weighted by Crippen LogP contribution is -2.31. The van der Waals surface area contributed by atoms with Gasteiger partial charge in [0.15, 0.2) is 11.9 Å². The van der Waals surface area contributed by atoms with Crippen LogP contribution < -0.4 is 4.18 Å². The molecule has 0 radical (unpaired) electrons. The average Bonchev–Trinajstić information content (AvgIpc) is 2.56. The zero-order valence-electron chi connectivity index (χ0n) is 15.8. The van der Waals surface area contributed by atoms with Crippen LogP contribution in [0, 0.1) is 12.7 Å². The minimum absolute atomic E-state index is 0.235. The van der Waals surface area contributed by atoms with Crippen LogP contribution in [0.4, 0.5) is 17.6 Å². The molecular formula is C18H18F4O6S. The van der Waals surface area contributed by atoms with Gasteiger partial charge in [0.05, 0.1) is 5.60 Å². The second-order valence-corrected chi connectivity index (χ2v) is 8.70. The van der Waals surface area contributed by atoms with Crippen LogP contribution in [-0.4, -0.2) is 30.6 Å². The molecule has 6 nitrogen and oxygen atoms in total. The maximum atomic E-state index is 14.9. The number of ether oxygens (including phenoxy) is 1. The molecule has 1 unspecified atom stereocenters. The summed E-state index contributed by atoms with van der Waals surface area (Å²) in [4.78, 5) is 11.8. The molecule has 2 aromatic rings. The molecule has 0 aliphatic heterocycles. The van der Waals surface area contributed by atoms with Crippen LogP contribution in [0.1, 0.15) is 38.0 Å². The zero-order valence-corrected chi connectivity index (χ0v) is 16.6. The maximum Gasteiger partial charge on any atom is 0.534 e. The van der Waals surface area contributed by atoms with Crippen molar-refractivity contribution in [1.82, 2.24) is 0 Å². The van der Waals surface area contributed by atoms with Crippen molar-refractivity contribution in [1.29, 1.82) is 0 Å². The fraction of sp³-hybridized carbons (Fsp3) is 0.389. The van der Waals surface area contributed by atoms with Crippen molar-refractivity contribution in [3.63, 3.8) is 0 Å². The summed E-state index contributed by atoms with van der Waals surface area (Å²) in [5.41, 5.74) is -7.96. The molecule has 0 saturated carbocycles. The predicted molar refractivity (Wildman–Crippen MR) is 95.5 cm³/mol. The van der Waals surface area contributed by atoms with Gasteiger partial charge < -0.3 is 14.0 Å². The van der Waals surface area contributed by atoms with Crippen LogP contribution in [0.15, 0.2) is 24.3 Å². The third kappa shape index (κ3) is 4.61. The Bertz CT molecular complexity index is 1050. The Morgan fingerprint density at radius 2 is 1.62 bits per heavy atom. The lowest BCUT2D eigenvalue weighted by atomic mass is 9.95. The van der Waals surface area contributed by atoms with Gasteiger partial charge >= 0.3 is 21.6 Å². The monoisotopic (exact) mass is 438 g/mol. The highest BCUT2D eigenvalue weighted by molar-refractivity contribution is 7.88. The molecule has 0 aliphatic carbocycles. The minimum atomic E-state index is -6.17. The topological polar surface area (TPSA) is 89.9 Å². The Balaban J connectivity index is 2.93. The number of carboxylic acids is 1. The van der Waals surface area contributed by atoms with Crippen molar-refractivity contribution < 1.29 is 44.8 Å². The number of halogens is 4. The van der Waals surface area contributed by atoms with Gasteiger partial charge in [-0.2, -0.15) is 21.6 Å². The summed E-state index contributed by atoms with van der Waals surface area (Å²) in [7, 11) is -6.17. The van der Waals surface area contributed by atoms with Gasteiger partial charge in [0.1, 0.15) is 5.82 Å². The van der Waals surface area contributed by atoms with Gasteiger partial charge in [-0.05, 0) is 33.3 Å². The van der Waals surface area contributed by atoms with E-state index in [-0.39, 0.29) is 10.8 Å². The van der Waals surface area contributed by atoms with Crippen molar-refractivity contribution in [2.75, 3.05) is 0 Å². The molecule has 29 heavy (non-hydrogen) atoms. The molecule has 0 aromatic heterocycles. The zero-order chi connectivity index (χ0) is 22.4. The van der Waals surface area contributed by atoms with Gasteiger partial charge in [-0.3, -0.25) is 0 Å². The van der Waals surface area contributed by atoms with Crippen molar-refractivity contribution in [2.24, 2.45) is 0 Å². The fourth-order valence-electron chi connectivity index (χ4n) is 2.66. The third-order valence-corrected chi connectivity index (χ3v) is 4.77. The van der Waals surface area contributed by atoms with Gasteiger partial charge in [-0.1, -0.05) is 24.3 Å². The molecule has 160 valence electrons. The summed E-state index contributed by atoms with van der Waals surface area (Å²) in [5.74, 6) is -3.54. The highest BCUT2D eigenvalue weighted by Crippen LogP contribution is 2.43. The number of aliphatic carboxylic acids is 1. The van der Waals surface area contributed by atoms with Crippen LogP contribution in [0.3, 0.4) is 0 Å². The number of fused-ring (bicyclic) bond motifs is 1. The molecule has 0 heterocycles. The summed E-state index contributed by atoms with van der Waals surface area (Å²) in [6, 6.07) is 5.02. The Hall–Kier alpha value is -2.40. The van der Waals surface area contributed by atoms with Gasteiger partial charge in [0.2, 0.25) is 0 Å². The first kappa shape index (κ1) is 22.9. The van der Waals surface area contributed by atoms with E-state index in [1.807, 2.05) is 0 Å². The first-order chi connectivity index (χ1) is 13.1. The summed E-state index contributed by atoms with van der Waals surface area (Å²) in [6.07, 6.45) is -1.99. The van der Waals surface area contributed by atoms with E-state index < -0.39 is 56.0 Å². The first-order valence-electron chi connectivity index (χ1n) is 8.19. The Labute approximate surface area is 164 Å². The average molecular weight is 438 g/mol. The van der Waals surface area contributed by atoms with Crippen LogP contribution in [0.5, 0.6) is 5.75 Å². The number of rotatable bonds is 5. The highest BCUT2D eigenvalue weighted by atomic mass is 32.2. The lowest BCUT2D eigenvalue weighted by molar-refractivity contribution is -0.160. The fourth-order valence-corrected chi connectivity index (χ4v) is 3.15. The molecule has 0 amide bonds. The SMILES string of the molecule is Cc1c(C(OC(C)(C)C)C(=O)O)c(OS(=O)(=O)C(F)(F)F)c2ccccc2c1F. The summed E-state index contributed by atoms with van der Waals surface area (Å²) >= 11 is 0. The van der Waals surface area contributed by atoms with E-state index in [0.717, 1.165) is 13.0 Å². The van der Waals surface area contributed by atoms with Gasteiger partial charge in [-0.25, -0.2) is 9.18 Å². The minimum Gasteiger partial charge on any atom is -0.479 e. The molecule has 0 fully saturated rings. The quantitative estimate of drug-likeness (QED) is 0.421. The Kier molecular flexibility index (Phi) is 5.88. The Morgan fingerprint density at radius 1 is 1.10 bits per heavy atom. The first-order valence-corrected chi connectivity index (χ1v) is 9.59. The molecule has 11 heteroatoms. The van der Waals surface area contributed by atoms with E-state index in [1.54, 1.807) is 0 Å². The maximum absolute atomic E-state index is 14.9. The summed E-state index contributed by atoms with van der Waals surface area (Å²) in [6.45, 7) is 5.53. The molecule has 1 N–H and O–H groups in total. The van der Waals surface area contributed by atoms with E-state index in [9.17, 15) is 35.9 Å². The molecule has 2 aromatic carbocycles. The normalized spacial score (nSPS) is 14.1. The summed E-state index contributed by atoms with van der Waals surface area (Å²) in [5, 5.41) is 9.01. The third-order valence-electron chi connectivity index (χ3n) is 3.82. The van der Waals surface area contributed by atoms with Crippen LogP contribution in [0.2, 0.25) is 0 Å². The lowest BCUT2D eigenvalue weighted by Gasteiger charge is -2.28. The number of benzene rings is 2. The standard InChI is InChI=1S/C18H18F4O6S/c1-9-12(15(16(23)24)27-17(2,3)4)14(28-29(25,26)18(20,21)22)11-8-6-5-7-10(11)13(9)19/h5-8,15H,1-4H3,(H,23,24). The number of alkyl halides is 3. The van der Waals surface area contributed by atoms with E-state index in [0.29, 0.717) is 0 Å². The Morgan fingerprint density at radius 3 is 2.07 bits per heavy atom. The van der Waals surface area contributed by atoms with E-state index in [2.05, 4.69) is 4.18 Å². The second-order valence-electron chi connectivity index (χ2n) is 7.16. The number of hydrogen-bond donors (Lipinski definition) is 1. The van der Waals surface area contributed by atoms with Crippen molar-refractivity contribution in [3.05, 3.63) is 41.2 Å². The van der Waals surface area contributed by atoms with Crippen LogP contribution in [-0.2, 0) is 19.6 Å². The molecular weight excluding hydrogens is 420 g/mol. The summed E-state index contributed by atoms with van der Waals surface area (Å²) < 4.78 is 86.7. The van der Waals surface area contributed by atoms with Gasteiger partial charge in [0, 0.05) is 16.3 Å². The van der Waals surface area contributed by atoms with Crippen molar-refractivity contribution in [2.45, 2.75) is 44.9 Å². The molecule has 0 bridgehead atoms. The van der Waals surface area contributed by atoms with Crippen molar-refractivity contribution in [3.8, 4) is 5.75 Å². The number of hydrogen-bond acceptors (Lipinski definition) is 5. The smallest absolute Gasteiger partial charge is 0.479 e. The largest absolute Gasteiger partial charge is 0.534 e. The van der Waals surface area contributed by atoms with Crippen LogP contribution >= 0.6 is 0 Å². The molecule has 0 aliphatic rings. The van der Waals surface area contributed by atoms with E-state index in [1.165, 1.54) is 39.0 Å². The van der Waals surface area contributed by atoms with Gasteiger partial charge in [-0.15, -0.1) is 0 Å². The molecule has 0 saturated heterocycles. The predicted octanol–water partition coefficient (Wildman–Crippen LogP) is 4.46. The van der Waals surface area contributed by atoms with E-state index >= 15 is 0 Å². The van der Waals surface area contributed by atoms with Crippen LogP contribution in [0.25, 0.3) is 10.8 Å². The molecule has 2 rings (SSSR count). The number of carboxylic acid groups (broad SMARTS) is 1.